The zero-order valence-electron chi connectivity index (χ0n) is 10.2. The number of carboxylic acids is 1. The molecule has 1 saturated heterocycles. The Bertz CT molecular complexity index is 302. The molecule has 1 aliphatic heterocycles. The maximum Gasteiger partial charge on any atom is 0.321 e. The third kappa shape index (κ3) is 3.72. The number of hydrogen-bond acceptors (Lipinski definition) is 6. The van der Waals surface area contributed by atoms with Gasteiger partial charge in [-0.05, 0) is 20.8 Å². The van der Waals surface area contributed by atoms with Crippen LogP contribution in [0.15, 0.2) is 5.18 Å². The molecule has 0 aromatic carbocycles. The van der Waals surface area contributed by atoms with Crippen LogP contribution >= 0.6 is 0 Å². The van der Waals surface area contributed by atoms with E-state index in [0.717, 1.165) is 0 Å². The van der Waals surface area contributed by atoms with Gasteiger partial charge < -0.3 is 14.9 Å². The Morgan fingerprint density at radius 3 is 2.53 bits per heavy atom. The SMILES string of the molecule is CC(C)(C)OC(O)N1C[C@H](N=O)C[C@H]1C(=O)O. The Balaban J connectivity index is 2.73. The second-order valence-electron chi connectivity index (χ2n) is 5.10. The maximum absolute atomic E-state index is 11.0. The molecule has 0 amide bonds. The van der Waals surface area contributed by atoms with E-state index in [4.69, 9.17) is 9.84 Å². The smallest absolute Gasteiger partial charge is 0.321 e. The van der Waals surface area contributed by atoms with Gasteiger partial charge in [0, 0.05) is 13.0 Å². The molecule has 17 heavy (non-hydrogen) atoms. The number of nitroso groups, excluding NO2 is 1. The topological polar surface area (TPSA) is 99.4 Å². The zero-order valence-corrected chi connectivity index (χ0v) is 10.2. The number of aliphatic hydroxyl groups is 1. The lowest BCUT2D eigenvalue weighted by Crippen LogP contribution is -2.47. The van der Waals surface area contributed by atoms with Gasteiger partial charge in [-0.2, -0.15) is 4.91 Å². The normalized spacial score (nSPS) is 28.0. The predicted octanol–water partition coefficient (Wildman–Crippen LogP) is 0.371. The fourth-order valence-electron chi connectivity index (χ4n) is 1.79. The molecule has 0 spiro atoms. The van der Waals surface area contributed by atoms with Crippen molar-refractivity contribution in [2.45, 2.75) is 51.3 Å². The lowest BCUT2D eigenvalue weighted by atomic mass is 10.2. The van der Waals surface area contributed by atoms with E-state index in [9.17, 15) is 14.8 Å². The number of hydrogen-bond donors (Lipinski definition) is 2. The summed E-state index contributed by atoms with van der Waals surface area (Å²) in [5.41, 5.74) is -0.602. The number of likely N-dealkylation sites (tertiary alicyclic amines) is 1. The van der Waals surface area contributed by atoms with Crippen molar-refractivity contribution in [1.82, 2.24) is 4.90 Å². The molecule has 0 saturated carbocycles. The van der Waals surface area contributed by atoms with Crippen molar-refractivity contribution in [2.24, 2.45) is 5.18 Å². The minimum atomic E-state index is -1.34. The van der Waals surface area contributed by atoms with Gasteiger partial charge >= 0.3 is 5.97 Å². The first-order chi connectivity index (χ1) is 7.74. The van der Waals surface area contributed by atoms with Crippen LogP contribution in [0, 0.1) is 4.91 Å². The molecular weight excluding hydrogens is 228 g/mol. The minimum absolute atomic E-state index is 0.0950. The molecular formula is C10H18N2O5. The van der Waals surface area contributed by atoms with Gasteiger partial charge in [-0.1, -0.05) is 5.18 Å². The van der Waals surface area contributed by atoms with Crippen LogP contribution in [0.25, 0.3) is 0 Å². The molecule has 1 fully saturated rings. The van der Waals surface area contributed by atoms with Crippen LogP contribution in [0.5, 0.6) is 0 Å². The number of nitrogens with zero attached hydrogens (tertiary/aromatic N) is 2. The van der Waals surface area contributed by atoms with Crippen LogP contribution < -0.4 is 0 Å². The molecule has 98 valence electrons. The lowest BCUT2D eigenvalue weighted by molar-refractivity contribution is -0.243. The summed E-state index contributed by atoms with van der Waals surface area (Å²) >= 11 is 0. The van der Waals surface area contributed by atoms with Crippen molar-refractivity contribution in [3.8, 4) is 0 Å². The quantitative estimate of drug-likeness (QED) is 0.549. The van der Waals surface area contributed by atoms with Gasteiger partial charge in [-0.25, -0.2) is 4.90 Å². The molecule has 0 radical (unpaired) electrons. The highest BCUT2D eigenvalue weighted by Crippen LogP contribution is 2.24. The highest BCUT2D eigenvalue weighted by Gasteiger charge is 2.42. The fraction of sp³-hybridized carbons (Fsp3) is 0.900. The first-order valence-corrected chi connectivity index (χ1v) is 5.41. The van der Waals surface area contributed by atoms with E-state index >= 15 is 0 Å². The third-order valence-corrected chi connectivity index (χ3v) is 2.49. The van der Waals surface area contributed by atoms with Crippen LogP contribution in [0.2, 0.25) is 0 Å². The van der Waals surface area contributed by atoms with E-state index in [0.29, 0.717) is 0 Å². The van der Waals surface area contributed by atoms with Gasteiger partial charge in [0.25, 0.3) is 0 Å². The molecule has 3 atom stereocenters. The summed E-state index contributed by atoms with van der Waals surface area (Å²) in [6.07, 6.45) is -1.24. The number of carbonyl (C=O) groups is 1. The minimum Gasteiger partial charge on any atom is -0.480 e. The van der Waals surface area contributed by atoms with Crippen molar-refractivity contribution in [3.63, 3.8) is 0 Å². The molecule has 2 N–H and O–H groups in total. The Morgan fingerprint density at radius 2 is 2.12 bits per heavy atom. The summed E-state index contributed by atoms with van der Waals surface area (Å²) in [7, 11) is 0. The van der Waals surface area contributed by atoms with E-state index < -0.39 is 30.1 Å². The van der Waals surface area contributed by atoms with Crippen molar-refractivity contribution in [2.75, 3.05) is 6.54 Å². The summed E-state index contributed by atoms with van der Waals surface area (Å²) in [5, 5.41) is 21.6. The van der Waals surface area contributed by atoms with Crippen molar-refractivity contribution < 1.29 is 19.7 Å². The van der Waals surface area contributed by atoms with Crippen LogP contribution in [0.4, 0.5) is 0 Å². The molecule has 1 rings (SSSR count). The highest BCUT2D eigenvalue weighted by atomic mass is 16.6. The molecule has 1 unspecified atom stereocenters. The van der Waals surface area contributed by atoms with E-state index in [1.165, 1.54) is 4.90 Å². The van der Waals surface area contributed by atoms with E-state index in [-0.39, 0.29) is 13.0 Å². The molecule has 0 aliphatic carbocycles. The van der Waals surface area contributed by atoms with E-state index in [2.05, 4.69) is 5.18 Å². The summed E-state index contributed by atoms with van der Waals surface area (Å²) in [4.78, 5) is 22.7. The van der Waals surface area contributed by atoms with Crippen molar-refractivity contribution in [3.05, 3.63) is 4.91 Å². The Labute approximate surface area is 99.3 Å². The Hall–Kier alpha value is -1.05. The van der Waals surface area contributed by atoms with Gasteiger partial charge in [-0.15, -0.1) is 0 Å². The molecule has 0 aromatic rings. The largest absolute Gasteiger partial charge is 0.480 e. The second kappa shape index (κ2) is 5.07. The first-order valence-electron chi connectivity index (χ1n) is 5.41. The van der Waals surface area contributed by atoms with Crippen LogP contribution in [-0.2, 0) is 9.53 Å². The van der Waals surface area contributed by atoms with Crippen molar-refractivity contribution in [1.29, 1.82) is 0 Å². The summed E-state index contributed by atoms with van der Waals surface area (Å²) in [5.74, 6) is -1.09. The Morgan fingerprint density at radius 1 is 1.53 bits per heavy atom. The molecule has 0 bridgehead atoms. The highest BCUT2D eigenvalue weighted by molar-refractivity contribution is 5.74. The molecule has 1 heterocycles. The average molecular weight is 246 g/mol. The van der Waals surface area contributed by atoms with Gasteiger partial charge in [0.2, 0.25) is 6.41 Å². The fourth-order valence-corrected chi connectivity index (χ4v) is 1.79. The summed E-state index contributed by atoms with van der Waals surface area (Å²) < 4.78 is 5.27. The van der Waals surface area contributed by atoms with Gasteiger partial charge in [-0.3, -0.25) is 4.79 Å². The number of carboxylic acid groups (broad SMARTS) is 1. The maximum atomic E-state index is 11.0. The Kier molecular flexibility index (Phi) is 4.18. The second-order valence-corrected chi connectivity index (χ2v) is 5.10. The summed E-state index contributed by atoms with van der Waals surface area (Å²) in [6, 6.07) is -1.55. The van der Waals surface area contributed by atoms with E-state index in [1.54, 1.807) is 20.8 Å². The van der Waals surface area contributed by atoms with Crippen molar-refractivity contribution >= 4 is 5.97 Å². The summed E-state index contributed by atoms with van der Waals surface area (Å²) in [6.45, 7) is 5.34. The zero-order chi connectivity index (χ0) is 13.2. The number of aliphatic carboxylic acids is 1. The lowest BCUT2D eigenvalue weighted by Gasteiger charge is -2.31. The first kappa shape index (κ1) is 14.0. The number of ether oxygens (including phenoxy) is 1. The number of aliphatic hydroxyl groups excluding tert-OH is 1. The molecule has 7 nitrogen and oxygen atoms in total. The number of rotatable bonds is 4. The predicted molar refractivity (Wildman–Crippen MR) is 59.2 cm³/mol. The van der Waals surface area contributed by atoms with E-state index in [1.807, 2.05) is 0 Å². The van der Waals surface area contributed by atoms with Crippen LogP contribution in [0.1, 0.15) is 27.2 Å². The van der Waals surface area contributed by atoms with Crippen LogP contribution in [0.3, 0.4) is 0 Å². The van der Waals surface area contributed by atoms with Gasteiger partial charge in [0.1, 0.15) is 12.1 Å². The molecule has 7 heteroatoms. The van der Waals surface area contributed by atoms with Gasteiger partial charge in [0.15, 0.2) is 0 Å². The third-order valence-electron chi connectivity index (χ3n) is 2.49. The van der Waals surface area contributed by atoms with Crippen LogP contribution in [-0.4, -0.2) is 51.7 Å². The molecule has 1 aliphatic rings. The monoisotopic (exact) mass is 246 g/mol. The standard InChI is InChI=1S/C10H18N2O5/c1-10(2,3)17-9(15)12-5-6(11-16)4-7(12)8(13)14/h6-7,9,15H,4-5H2,1-3H3,(H,13,14)/t6-,7+,9?/m1/s1. The molecule has 0 aromatic heterocycles. The average Bonchev–Trinajstić information content (AvgIpc) is 2.58. The van der Waals surface area contributed by atoms with Gasteiger partial charge in [0.05, 0.1) is 5.60 Å².